The summed E-state index contributed by atoms with van der Waals surface area (Å²) in [5.41, 5.74) is 8.43. The van der Waals surface area contributed by atoms with Gasteiger partial charge in [0.1, 0.15) is 0 Å². The van der Waals surface area contributed by atoms with E-state index in [1.54, 1.807) is 24.3 Å². The second-order valence-corrected chi connectivity index (χ2v) is 7.08. The van der Waals surface area contributed by atoms with Crippen molar-refractivity contribution in [1.29, 1.82) is 0 Å². The van der Waals surface area contributed by atoms with E-state index in [9.17, 15) is 14.4 Å². The topological polar surface area (TPSA) is 117 Å². The van der Waals surface area contributed by atoms with Crippen LogP contribution in [-0.4, -0.2) is 35.1 Å². The van der Waals surface area contributed by atoms with E-state index < -0.39 is 6.03 Å². The molecule has 1 unspecified atom stereocenters. The third kappa shape index (κ3) is 5.66. The molecule has 0 bridgehead atoms. The highest BCUT2D eigenvalue weighted by atomic mass is 16.2. The van der Waals surface area contributed by atoms with E-state index in [0.29, 0.717) is 18.7 Å². The summed E-state index contributed by atoms with van der Waals surface area (Å²) in [5.74, 6) is -0.368. The highest BCUT2D eigenvalue weighted by Gasteiger charge is 2.22. The molecule has 30 heavy (non-hydrogen) atoms. The van der Waals surface area contributed by atoms with Gasteiger partial charge in [0.25, 0.3) is 0 Å². The number of benzene rings is 2. The smallest absolute Gasteiger partial charge is 0.316 e. The summed E-state index contributed by atoms with van der Waals surface area (Å²) in [4.78, 5) is 35.5. The molecular weight excluding hydrogens is 382 g/mol. The molecular formula is C22H25N5O3. The molecule has 0 aliphatic carbocycles. The van der Waals surface area contributed by atoms with Gasteiger partial charge in [0.15, 0.2) is 0 Å². The van der Waals surface area contributed by atoms with E-state index >= 15 is 0 Å². The molecule has 2 aromatic rings. The minimum absolute atomic E-state index is 0.0944. The zero-order valence-corrected chi connectivity index (χ0v) is 16.8. The lowest BCUT2D eigenvalue weighted by Gasteiger charge is -2.16. The Morgan fingerprint density at radius 2 is 1.77 bits per heavy atom. The minimum atomic E-state index is -0.632. The molecule has 0 fully saturated rings. The fourth-order valence-corrected chi connectivity index (χ4v) is 3.21. The minimum Gasteiger partial charge on any atom is -0.351 e. The summed E-state index contributed by atoms with van der Waals surface area (Å²) in [6, 6.07) is 15.9. The van der Waals surface area contributed by atoms with E-state index in [0.717, 1.165) is 16.8 Å². The largest absolute Gasteiger partial charge is 0.351 e. The molecule has 3 rings (SSSR count). The first kappa shape index (κ1) is 21.0. The summed E-state index contributed by atoms with van der Waals surface area (Å²) in [6.45, 7) is 2.39. The summed E-state index contributed by atoms with van der Waals surface area (Å²) in [5, 5.41) is 11.2. The van der Waals surface area contributed by atoms with Gasteiger partial charge in [-0.1, -0.05) is 42.5 Å². The van der Waals surface area contributed by atoms with Crippen LogP contribution in [0.4, 0.5) is 10.5 Å². The Bertz CT molecular complexity index is 941. The van der Waals surface area contributed by atoms with Gasteiger partial charge in [-0.25, -0.2) is 9.80 Å². The first-order valence-electron chi connectivity index (χ1n) is 9.81. The van der Waals surface area contributed by atoms with Gasteiger partial charge in [0.05, 0.1) is 18.3 Å². The van der Waals surface area contributed by atoms with Crippen LogP contribution in [0.2, 0.25) is 0 Å². The molecule has 1 heterocycles. The van der Waals surface area contributed by atoms with Crippen molar-refractivity contribution in [2.45, 2.75) is 32.2 Å². The van der Waals surface area contributed by atoms with E-state index in [1.165, 1.54) is 5.01 Å². The normalized spacial score (nSPS) is 14.0. The first-order chi connectivity index (χ1) is 14.4. The van der Waals surface area contributed by atoms with E-state index in [2.05, 4.69) is 15.7 Å². The van der Waals surface area contributed by atoms with Crippen molar-refractivity contribution in [2.24, 2.45) is 10.8 Å². The fraction of sp³-hybridized carbons (Fsp3) is 0.273. The van der Waals surface area contributed by atoms with Gasteiger partial charge in [0.2, 0.25) is 11.8 Å². The Morgan fingerprint density at radius 3 is 2.43 bits per heavy atom. The second-order valence-electron chi connectivity index (χ2n) is 7.08. The van der Waals surface area contributed by atoms with E-state index in [-0.39, 0.29) is 30.7 Å². The SMILES string of the molecule is CC(NC(=O)CCC(=O)N1CCC(c2ccccc2)=N1)c1ccc(NC(N)=O)cc1. The summed E-state index contributed by atoms with van der Waals surface area (Å²) in [6.07, 6.45) is 0.905. The number of amides is 4. The summed E-state index contributed by atoms with van der Waals surface area (Å²) in [7, 11) is 0. The number of rotatable bonds is 7. The lowest BCUT2D eigenvalue weighted by Crippen LogP contribution is -2.29. The average molecular weight is 407 g/mol. The summed E-state index contributed by atoms with van der Waals surface area (Å²) >= 11 is 0. The molecule has 1 atom stereocenters. The molecule has 0 radical (unpaired) electrons. The van der Waals surface area contributed by atoms with Gasteiger partial charge in [-0.15, -0.1) is 0 Å². The third-order valence-corrected chi connectivity index (χ3v) is 4.82. The number of carbonyl (C=O) groups is 3. The zero-order chi connectivity index (χ0) is 21.5. The Labute approximate surface area is 175 Å². The number of urea groups is 1. The molecule has 0 saturated heterocycles. The Morgan fingerprint density at radius 1 is 1.07 bits per heavy atom. The number of anilines is 1. The maximum atomic E-state index is 12.4. The van der Waals surface area contributed by atoms with Crippen LogP contribution in [0.15, 0.2) is 59.7 Å². The van der Waals surface area contributed by atoms with Crippen LogP contribution < -0.4 is 16.4 Å². The average Bonchev–Trinajstić information content (AvgIpc) is 3.23. The van der Waals surface area contributed by atoms with Crippen LogP contribution in [-0.2, 0) is 9.59 Å². The van der Waals surface area contributed by atoms with Crippen LogP contribution >= 0.6 is 0 Å². The highest BCUT2D eigenvalue weighted by molar-refractivity contribution is 6.02. The number of hydrogen-bond donors (Lipinski definition) is 3. The zero-order valence-electron chi connectivity index (χ0n) is 16.8. The van der Waals surface area contributed by atoms with Crippen LogP contribution in [0, 0.1) is 0 Å². The molecule has 8 nitrogen and oxygen atoms in total. The number of nitrogens with one attached hydrogen (secondary N) is 2. The highest BCUT2D eigenvalue weighted by Crippen LogP contribution is 2.17. The maximum Gasteiger partial charge on any atom is 0.316 e. The first-order valence-corrected chi connectivity index (χ1v) is 9.81. The van der Waals surface area contributed by atoms with Gasteiger partial charge in [-0.2, -0.15) is 5.10 Å². The maximum absolute atomic E-state index is 12.4. The number of nitrogens with two attached hydrogens (primary N) is 1. The molecule has 0 spiro atoms. The molecule has 4 N–H and O–H groups in total. The van der Waals surface area contributed by atoms with Crippen molar-refractivity contribution in [2.75, 3.05) is 11.9 Å². The predicted molar refractivity (Wildman–Crippen MR) is 115 cm³/mol. The van der Waals surface area contributed by atoms with Gasteiger partial charge >= 0.3 is 6.03 Å². The van der Waals surface area contributed by atoms with Gasteiger partial charge < -0.3 is 16.4 Å². The number of hydrazone groups is 1. The van der Waals surface area contributed by atoms with Crippen LogP contribution in [0.25, 0.3) is 0 Å². The quantitative estimate of drug-likeness (QED) is 0.655. The Hall–Kier alpha value is -3.68. The Balaban J connectivity index is 1.46. The number of hydrogen-bond acceptors (Lipinski definition) is 4. The van der Waals surface area contributed by atoms with Crippen molar-refractivity contribution in [3.05, 3.63) is 65.7 Å². The third-order valence-electron chi connectivity index (χ3n) is 4.82. The molecule has 156 valence electrons. The molecule has 1 aliphatic heterocycles. The molecule has 0 aromatic heterocycles. The second kappa shape index (κ2) is 9.69. The molecule has 1 aliphatic rings. The van der Waals surface area contributed by atoms with Gasteiger partial charge in [-0.05, 0) is 30.2 Å². The lowest BCUT2D eigenvalue weighted by atomic mass is 10.1. The van der Waals surface area contributed by atoms with Crippen molar-refractivity contribution in [1.82, 2.24) is 10.3 Å². The van der Waals surface area contributed by atoms with Crippen LogP contribution in [0.3, 0.4) is 0 Å². The monoisotopic (exact) mass is 407 g/mol. The Kier molecular flexibility index (Phi) is 6.79. The number of nitrogens with zero attached hydrogens (tertiary/aromatic N) is 2. The molecule has 4 amide bonds. The van der Waals surface area contributed by atoms with Crippen LogP contribution in [0.1, 0.15) is 43.4 Å². The predicted octanol–water partition coefficient (Wildman–Crippen LogP) is 2.77. The van der Waals surface area contributed by atoms with Crippen LogP contribution in [0.5, 0.6) is 0 Å². The molecule has 2 aromatic carbocycles. The number of primary amides is 1. The molecule has 0 saturated carbocycles. The number of carbonyl (C=O) groups excluding carboxylic acids is 3. The van der Waals surface area contributed by atoms with Gasteiger partial charge in [0, 0.05) is 24.9 Å². The molecule has 8 heteroatoms. The van der Waals surface area contributed by atoms with Crippen molar-refractivity contribution in [3.8, 4) is 0 Å². The van der Waals surface area contributed by atoms with Gasteiger partial charge in [-0.3, -0.25) is 9.59 Å². The van der Waals surface area contributed by atoms with E-state index in [1.807, 2.05) is 37.3 Å². The fourth-order valence-electron chi connectivity index (χ4n) is 3.21. The van der Waals surface area contributed by atoms with Crippen molar-refractivity contribution >= 4 is 29.2 Å². The van der Waals surface area contributed by atoms with E-state index in [4.69, 9.17) is 5.73 Å². The summed E-state index contributed by atoms with van der Waals surface area (Å²) < 4.78 is 0. The van der Waals surface area contributed by atoms with Crippen molar-refractivity contribution < 1.29 is 14.4 Å². The van der Waals surface area contributed by atoms with Crippen molar-refractivity contribution in [3.63, 3.8) is 0 Å². The lowest BCUT2D eigenvalue weighted by molar-refractivity contribution is -0.133. The standard InChI is InChI=1S/C22H25N5O3/c1-15(16-7-9-18(10-8-16)25-22(23)30)24-20(28)11-12-21(29)27-14-13-19(26-27)17-5-3-2-4-6-17/h2-10,15H,11-14H2,1H3,(H,24,28)(H3,23,25,30).